The lowest BCUT2D eigenvalue weighted by Crippen LogP contribution is -2.11. The van der Waals surface area contributed by atoms with Crippen LogP contribution in [0.1, 0.15) is 20.8 Å². The SMILES string of the molecule is O=C(Nc1ncc(Cc2ccc(Br)cc2)s1)c1cnn2cccnc12. The third-order valence-electron chi connectivity index (χ3n) is 3.59. The summed E-state index contributed by atoms with van der Waals surface area (Å²) in [6, 6.07) is 9.91. The normalized spacial score (nSPS) is 10.9. The van der Waals surface area contributed by atoms with Crippen LogP contribution in [0.25, 0.3) is 5.65 Å². The summed E-state index contributed by atoms with van der Waals surface area (Å²) in [5, 5.41) is 7.50. The third-order valence-corrected chi connectivity index (χ3v) is 5.03. The van der Waals surface area contributed by atoms with Gasteiger partial charge in [-0.1, -0.05) is 28.1 Å². The molecule has 1 N–H and O–H groups in total. The maximum atomic E-state index is 12.5. The molecule has 25 heavy (non-hydrogen) atoms. The lowest BCUT2D eigenvalue weighted by atomic mass is 10.1. The number of carbonyl (C=O) groups excluding carboxylic acids is 1. The summed E-state index contributed by atoms with van der Waals surface area (Å²) in [5.74, 6) is -0.266. The first-order valence-corrected chi connectivity index (χ1v) is 9.09. The Labute approximate surface area is 155 Å². The largest absolute Gasteiger partial charge is 0.298 e. The van der Waals surface area contributed by atoms with Crippen LogP contribution in [0.15, 0.2) is 59.6 Å². The van der Waals surface area contributed by atoms with Crippen molar-refractivity contribution in [3.05, 3.63) is 75.6 Å². The Morgan fingerprint density at radius 2 is 2.04 bits per heavy atom. The Balaban J connectivity index is 1.49. The van der Waals surface area contributed by atoms with E-state index in [1.807, 2.05) is 12.1 Å². The third kappa shape index (κ3) is 3.45. The van der Waals surface area contributed by atoms with Crippen LogP contribution in [0.2, 0.25) is 0 Å². The van der Waals surface area contributed by atoms with Gasteiger partial charge in [-0.3, -0.25) is 10.1 Å². The molecule has 0 atom stereocenters. The van der Waals surface area contributed by atoms with Gasteiger partial charge in [0.2, 0.25) is 0 Å². The van der Waals surface area contributed by atoms with E-state index in [4.69, 9.17) is 0 Å². The maximum Gasteiger partial charge on any atom is 0.262 e. The van der Waals surface area contributed by atoms with Gasteiger partial charge in [0, 0.05) is 34.4 Å². The van der Waals surface area contributed by atoms with Gasteiger partial charge in [0.05, 0.1) is 6.20 Å². The number of anilines is 1. The van der Waals surface area contributed by atoms with Gasteiger partial charge in [-0.05, 0) is 23.8 Å². The quantitative estimate of drug-likeness (QED) is 0.552. The minimum absolute atomic E-state index is 0.266. The van der Waals surface area contributed by atoms with Crippen molar-refractivity contribution in [1.82, 2.24) is 19.6 Å². The van der Waals surface area contributed by atoms with E-state index in [9.17, 15) is 4.79 Å². The molecule has 0 saturated heterocycles. The van der Waals surface area contributed by atoms with Crippen LogP contribution in [0, 0.1) is 0 Å². The number of rotatable bonds is 4. The fraction of sp³-hybridized carbons (Fsp3) is 0.0588. The molecule has 0 aliphatic rings. The molecular formula is C17H12BrN5OS. The van der Waals surface area contributed by atoms with Crippen molar-refractivity contribution in [2.45, 2.75) is 6.42 Å². The first kappa shape index (κ1) is 15.9. The van der Waals surface area contributed by atoms with Gasteiger partial charge in [-0.15, -0.1) is 11.3 Å². The van der Waals surface area contributed by atoms with Crippen LogP contribution in [-0.2, 0) is 6.42 Å². The van der Waals surface area contributed by atoms with Gasteiger partial charge < -0.3 is 0 Å². The zero-order valence-electron chi connectivity index (χ0n) is 12.9. The summed E-state index contributed by atoms with van der Waals surface area (Å²) in [7, 11) is 0. The second-order valence-corrected chi connectivity index (χ2v) is 7.37. The van der Waals surface area contributed by atoms with E-state index < -0.39 is 0 Å². The number of nitrogens with one attached hydrogen (secondary N) is 1. The molecule has 124 valence electrons. The predicted octanol–water partition coefficient (Wildman–Crippen LogP) is 3.79. The highest BCUT2D eigenvalue weighted by Gasteiger charge is 2.15. The fourth-order valence-corrected chi connectivity index (χ4v) is 3.51. The number of nitrogens with zero attached hydrogens (tertiary/aromatic N) is 4. The molecule has 3 aromatic heterocycles. The molecule has 6 nitrogen and oxygen atoms in total. The smallest absolute Gasteiger partial charge is 0.262 e. The minimum Gasteiger partial charge on any atom is -0.298 e. The second-order valence-electron chi connectivity index (χ2n) is 5.34. The van der Waals surface area contributed by atoms with E-state index >= 15 is 0 Å². The van der Waals surface area contributed by atoms with Crippen molar-refractivity contribution < 1.29 is 4.79 Å². The van der Waals surface area contributed by atoms with Gasteiger partial charge in [0.25, 0.3) is 5.91 Å². The molecular weight excluding hydrogens is 402 g/mol. The number of hydrogen-bond acceptors (Lipinski definition) is 5. The van der Waals surface area contributed by atoms with Crippen molar-refractivity contribution >= 4 is 44.0 Å². The van der Waals surface area contributed by atoms with Crippen LogP contribution >= 0.6 is 27.3 Å². The number of halogens is 1. The van der Waals surface area contributed by atoms with Crippen LogP contribution in [0.5, 0.6) is 0 Å². The van der Waals surface area contributed by atoms with Gasteiger partial charge in [0.1, 0.15) is 5.56 Å². The number of fused-ring (bicyclic) bond motifs is 1. The van der Waals surface area contributed by atoms with Crippen molar-refractivity contribution in [2.24, 2.45) is 0 Å². The Kier molecular flexibility index (Phi) is 4.29. The molecule has 8 heteroatoms. The van der Waals surface area contributed by atoms with Crippen molar-refractivity contribution in [3.63, 3.8) is 0 Å². The Bertz CT molecular complexity index is 1040. The van der Waals surface area contributed by atoms with E-state index in [1.165, 1.54) is 23.1 Å². The van der Waals surface area contributed by atoms with Crippen molar-refractivity contribution in [2.75, 3.05) is 5.32 Å². The maximum absolute atomic E-state index is 12.5. The second kappa shape index (κ2) is 6.73. The number of thiazole rings is 1. The number of aromatic nitrogens is 4. The highest BCUT2D eigenvalue weighted by Crippen LogP contribution is 2.23. The molecule has 0 radical (unpaired) electrons. The highest BCUT2D eigenvalue weighted by atomic mass is 79.9. The van der Waals surface area contributed by atoms with Crippen LogP contribution in [0.4, 0.5) is 5.13 Å². The first-order chi connectivity index (χ1) is 12.2. The molecule has 0 aliphatic heterocycles. The average molecular weight is 414 g/mol. The van der Waals surface area contributed by atoms with E-state index in [0.717, 1.165) is 15.8 Å². The Morgan fingerprint density at radius 3 is 2.88 bits per heavy atom. The topological polar surface area (TPSA) is 72.2 Å². The van der Waals surface area contributed by atoms with Gasteiger partial charge in [-0.2, -0.15) is 5.10 Å². The summed E-state index contributed by atoms with van der Waals surface area (Å²) in [6.45, 7) is 0. The predicted molar refractivity (Wildman–Crippen MR) is 100 cm³/mol. The number of benzene rings is 1. The highest BCUT2D eigenvalue weighted by molar-refractivity contribution is 9.10. The fourth-order valence-electron chi connectivity index (χ4n) is 2.40. The average Bonchev–Trinajstić information content (AvgIpc) is 3.23. The van der Waals surface area contributed by atoms with Crippen LogP contribution < -0.4 is 5.32 Å². The van der Waals surface area contributed by atoms with Gasteiger partial charge in [0.15, 0.2) is 10.8 Å². The lowest BCUT2D eigenvalue weighted by Gasteiger charge is -2.00. The molecule has 3 heterocycles. The summed E-state index contributed by atoms with van der Waals surface area (Å²) in [5.41, 5.74) is 2.13. The van der Waals surface area contributed by atoms with Crippen LogP contribution in [-0.4, -0.2) is 25.5 Å². The van der Waals surface area contributed by atoms with E-state index in [-0.39, 0.29) is 5.91 Å². The molecule has 0 aliphatic carbocycles. The zero-order valence-corrected chi connectivity index (χ0v) is 15.3. The summed E-state index contributed by atoms with van der Waals surface area (Å²) >= 11 is 4.89. The first-order valence-electron chi connectivity index (χ1n) is 7.48. The Hall–Kier alpha value is -2.58. The van der Waals surface area contributed by atoms with Crippen molar-refractivity contribution in [1.29, 1.82) is 0 Å². The molecule has 4 aromatic rings. The molecule has 4 rings (SSSR count). The summed E-state index contributed by atoms with van der Waals surface area (Å²) < 4.78 is 2.62. The molecule has 0 bridgehead atoms. The number of carbonyl (C=O) groups is 1. The molecule has 0 spiro atoms. The molecule has 0 unspecified atom stereocenters. The Morgan fingerprint density at radius 1 is 1.20 bits per heavy atom. The standard InChI is InChI=1S/C17H12BrN5OS/c18-12-4-2-11(3-5-12)8-13-9-20-17(25-13)22-16(24)14-10-21-23-7-1-6-19-15(14)23/h1-7,9-10H,8H2,(H,20,22,24). The molecule has 0 saturated carbocycles. The zero-order chi connectivity index (χ0) is 17.2. The molecule has 0 fully saturated rings. The number of amides is 1. The minimum atomic E-state index is -0.266. The van der Waals surface area contributed by atoms with Gasteiger partial charge in [-0.25, -0.2) is 14.5 Å². The molecule has 1 amide bonds. The molecule has 1 aromatic carbocycles. The van der Waals surface area contributed by atoms with Crippen LogP contribution in [0.3, 0.4) is 0 Å². The summed E-state index contributed by atoms with van der Waals surface area (Å²) in [6.07, 6.45) is 7.45. The summed E-state index contributed by atoms with van der Waals surface area (Å²) in [4.78, 5) is 22.0. The van der Waals surface area contributed by atoms with Crippen molar-refractivity contribution in [3.8, 4) is 0 Å². The number of hydrogen-bond donors (Lipinski definition) is 1. The monoisotopic (exact) mass is 413 g/mol. The lowest BCUT2D eigenvalue weighted by molar-refractivity contribution is 0.102. The van der Waals surface area contributed by atoms with Gasteiger partial charge >= 0.3 is 0 Å². The van der Waals surface area contributed by atoms with E-state index in [0.29, 0.717) is 16.3 Å². The van der Waals surface area contributed by atoms with E-state index in [1.54, 1.807) is 29.2 Å². The van der Waals surface area contributed by atoms with E-state index in [2.05, 4.69) is 48.4 Å².